The number of benzene rings is 1. The Labute approximate surface area is 118 Å². The van der Waals surface area contributed by atoms with Crippen molar-refractivity contribution in [1.29, 1.82) is 0 Å². The number of hydrogen-bond donors (Lipinski definition) is 2. The Morgan fingerprint density at radius 3 is 2.60 bits per heavy atom. The van der Waals surface area contributed by atoms with Crippen molar-refractivity contribution in [1.82, 2.24) is 5.32 Å². The molecule has 2 rings (SSSR count). The summed E-state index contributed by atoms with van der Waals surface area (Å²) in [7, 11) is -1.16. The van der Waals surface area contributed by atoms with E-state index in [1.165, 1.54) is 0 Å². The SMILES string of the molecule is CNc1ccc(OCC(=O)NC2CCS(=O)(=O)C2)cc1. The van der Waals surface area contributed by atoms with Gasteiger partial charge in [-0.1, -0.05) is 0 Å². The van der Waals surface area contributed by atoms with Crippen molar-refractivity contribution in [3.8, 4) is 5.75 Å². The van der Waals surface area contributed by atoms with Gasteiger partial charge in [-0.3, -0.25) is 4.79 Å². The summed E-state index contributed by atoms with van der Waals surface area (Å²) in [6.45, 7) is -0.116. The van der Waals surface area contributed by atoms with Crippen LogP contribution < -0.4 is 15.4 Å². The van der Waals surface area contributed by atoms with Crippen LogP contribution in [-0.2, 0) is 14.6 Å². The van der Waals surface area contributed by atoms with E-state index in [0.717, 1.165) is 5.69 Å². The van der Waals surface area contributed by atoms with Gasteiger partial charge in [-0.15, -0.1) is 0 Å². The summed E-state index contributed by atoms with van der Waals surface area (Å²) >= 11 is 0. The molecule has 1 heterocycles. The fourth-order valence-corrected chi connectivity index (χ4v) is 3.72. The number of carbonyl (C=O) groups is 1. The van der Waals surface area contributed by atoms with E-state index in [1.807, 2.05) is 19.2 Å². The highest BCUT2D eigenvalue weighted by molar-refractivity contribution is 7.91. The lowest BCUT2D eigenvalue weighted by atomic mass is 10.2. The van der Waals surface area contributed by atoms with Crippen LogP contribution in [0.2, 0.25) is 0 Å². The van der Waals surface area contributed by atoms with E-state index in [2.05, 4.69) is 10.6 Å². The van der Waals surface area contributed by atoms with Gasteiger partial charge >= 0.3 is 0 Å². The third kappa shape index (κ3) is 4.12. The second-order valence-electron chi connectivity index (χ2n) is 4.73. The minimum absolute atomic E-state index is 0.0234. The van der Waals surface area contributed by atoms with Crippen LogP contribution in [-0.4, -0.2) is 45.5 Å². The van der Waals surface area contributed by atoms with E-state index >= 15 is 0 Å². The van der Waals surface area contributed by atoms with Gasteiger partial charge in [0.25, 0.3) is 5.91 Å². The first kappa shape index (κ1) is 14.6. The Bertz CT molecular complexity index is 569. The molecule has 0 aromatic heterocycles. The number of sulfone groups is 1. The summed E-state index contributed by atoms with van der Waals surface area (Å²) in [4.78, 5) is 11.7. The van der Waals surface area contributed by atoms with Crippen LogP contribution >= 0.6 is 0 Å². The highest BCUT2D eigenvalue weighted by Crippen LogP contribution is 2.15. The van der Waals surface area contributed by atoms with Crippen LogP contribution in [0, 0.1) is 0 Å². The summed E-state index contributed by atoms with van der Waals surface area (Å²) in [6.07, 6.45) is 0.477. The third-order valence-electron chi connectivity index (χ3n) is 3.11. The normalized spacial score (nSPS) is 20.4. The molecule has 1 aromatic carbocycles. The van der Waals surface area contributed by atoms with Crippen LogP contribution in [0.5, 0.6) is 5.75 Å². The Morgan fingerprint density at radius 1 is 1.35 bits per heavy atom. The first-order valence-corrected chi connectivity index (χ1v) is 8.21. The number of ether oxygens (including phenoxy) is 1. The van der Waals surface area contributed by atoms with Gasteiger partial charge in [0.1, 0.15) is 5.75 Å². The highest BCUT2D eigenvalue weighted by Gasteiger charge is 2.28. The molecule has 1 saturated heterocycles. The van der Waals surface area contributed by atoms with Crippen LogP contribution in [0.3, 0.4) is 0 Å². The molecule has 0 aliphatic carbocycles. The van der Waals surface area contributed by atoms with Crippen LogP contribution in [0.25, 0.3) is 0 Å². The van der Waals surface area contributed by atoms with Crippen molar-refractivity contribution in [2.75, 3.05) is 30.5 Å². The second-order valence-corrected chi connectivity index (χ2v) is 6.96. The van der Waals surface area contributed by atoms with Crippen LogP contribution in [0.1, 0.15) is 6.42 Å². The fourth-order valence-electron chi connectivity index (χ4n) is 2.04. The molecule has 2 N–H and O–H groups in total. The van der Waals surface area contributed by atoms with Gasteiger partial charge in [0.2, 0.25) is 0 Å². The Kier molecular flexibility index (Phi) is 4.49. The average molecular weight is 298 g/mol. The summed E-state index contributed by atoms with van der Waals surface area (Å²) in [5, 5.41) is 5.66. The van der Waals surface area contributed by atoms with Gasteiger partial charge in [0, 0.05) is 18.8 Å². The predicted octanol–water partition coefficient (Wildman–Crippen LogP) is 0.410. The van der Waals surface area contributed by atoms with E-state index in [0.29, 0.717) is 12.2 Å². The van der Waals surface area contributed by atoms with Gasteiger partial charge in [-0.2, -0.15) is 0 Å². The van der Waals surface area contributed by atoms with E-state index in [1.54, 1.807) is 12.1 Å². The van der Waals surface area contributed by atoms with Crippen molar-refractivity contribution < 1.29 is 17.9 Å². The molecule has 1 aliphatic heterocycles. The standard InChI is InChI=1S/C13H18N2O4S/c1-14-10-2-4-12(5-3-10)19-8-13(16)15-11-6-7-20(17,18)9-11/h2-5,11,14H,6-9H2,1H3,(H,15,16). The molecule has 1 unspecified atom stereocenters. The molecule has 1 amide bonds. The van der Waals surface area contributed by atoms with Crippen molar-refractivity contribution >= 4 is 21.4 Å². The maximum absolute atomic E-state index is 11.7. The minimum atomic E-state index is -2.98. The average Bonchev–Trinajstić information content (AvgIpc) is 2.76. The van der Waals surface area contributed by atoms with Gasteiger partial charge in [-0.25, -0.2) is 8.42 Å². The lowest BCUT2D eigenvalue weighted by molar-refractivity contribution is -0.123. The minimum Gasteiger partial charge on any atom is -0.484 e. The van der Waals surface area contributed by atoms with Gasteiger partial charge in [-0.05, 0) is 30.7 Å². The van der Waals surface area contributed by atoms with Crippen molar-refractivity contribution in [3.63, 3.8) is 0 Å². The topological polar surface area (TPSA) is 84.5 Å². The van der Waals surface area contributed by atoms with Crippen molar-refractivity contribution in [3.05, 3.63) is 24.3 Å². The fraction of sp³-hybridized carbons (Fsp3) is 0.462. The molecule has 0 saturated carbocycles. The Morgan fingerprint density at radius 2 is 2.05 bits per heavy atom. The van der Waals surface area contributed by atoms with E-state index in [-0.39, 0.29) is 30.1 Å². The number of nitrogens with one attached hydrogen (secondary N) is 2. The number of amides is 1. The number of hydrogen-bond acceptors (Lipinski definition) is 5. The molecule has 0 radical (unpaired) electrons. The van der Waals surface area contributed by atoms with E-state index in [4.69, 9.17) is 4.74 Å². The Balaban J connectivity index is 1.77. The van der Waals surface area contributed by atoms with Crippen molar-refractivity contribution in [2.24, 2.45) is 0 Å². The van der Waals surface area contributed by atoms with Gasteiger partial charge in [0.05, 0.1) is 11.5 Å². The summed E-state index contributed by atoms with van der Waals surface area (Å²) < 4.78 is 27.9. The smallest absolute Gasteiger partial charge is 0.258 e. The zero-order chi connectivity index (χ0) is 14.6. The third-order valence-corrected chi connectivity index (χ3v) is 4.88. The lowest BCUT2D eigenvalue weighted by Gasteiger charge is -2.11. The number of rotatable bonds is 5. The molecule has 0 spiro atoms. The van der Waals surface area contributed by atoms with Crippen LogP contribution in [0.4, 0.5) is 5.69 Å². The van der Waals surface area contributed by atoms with E-state index in [9.17, 15) is 13.2 Å². The highest BCUT2D eigenvalue weighted by atomic mass is 32.2. The summed E-state index contributed by atoms with van der Waals surface area (Å²) in [5.41, 5.74) is 0.956. The quantitative estimate of drug-likeness (QED) is 0.822. The monoisotopic (exact) mass is 298 g/mol. The second kappa shape index (κ2) is 6.13. The van der Waals surface area contributed by atoms with Gasteiger partial charge in [0.15, 0.2) is 16.4 Å². The van der Waals surface area contributed by atoms with Crippen molar-refractivity contribution in [2.45, 2.75) is 12.5 Å². The number of anilines is 1. The number of carbonyl (C=O) groups excluding carboxylic acids is 1. The first-order valence-electron chi connectivity index (χ1n) is 6.39. The Hall–Kier alpha value is -1.76. The molecule has 20 heavy (non-hydrogen) atoms. The molecule has 7 heteroatoms. The zero-order valence-corrected chi connectivity index (χ0v) is 12.1. The summed E-state index contributed by atoms with van der Waals surface area (Å²) in [6, 6.07) is 6.93. The van der Waals surface area contributed by atoms with E-state index < -0.39 is 9.84 Å². The lowest BCUT2D eigenvalue weighted by Crippen LogP contribution is -2.38. The zero-order valence-electron chi connectivity index (χ0n) is 11.3. The maximum Gasteiger partial charge on any atom is 0.258 e. The molecule has 1 atom stereocenters. The largest absolute Gasteiger partial charge is 0.484 e. The molecular weight excluding hydrogens is 280 g/mol. The molecule has 6 nitrogen and oxygen atoms in total. The van der Waals surface area contributed by atoms with Crippen LogP contribution in [0.15, 0.2) is 24.3 Å². The van der Waals surface area contributed by atoms with Gasteiger partial charge < -0.3 is 15.4 Å². The maximum atomic E-state index is 11.7. The predicted molar refractivity (Wildman–Crippen MR) is 76.7 cm³/mol. The molecule has 110 valence electrons. The molecule has 1 fully saturated rings. The summed E-state index contributed by atoms with van der Waals surface area (Å²) in [5.74, 6) is 0.461. The molecular formula is C13H18N2O4S. The molecule has 1 aromatic rings. The molecule has 0 bridgehead atoms. The first-order chi connectivity index (χ1) is 9.48. The molecule has 1 aliphatic rings.